The lowest BCUT2D eigenvalue weighted by molar-refractivity contribution is 1.19. The van der Waals surface area contributed by atoms with Crippen LogP contribution in [0, 0.1) is 0 Å². The summed E-state index contributed by atoms with van der Waals surface area (Å²) in [6.07, 6.45) is 3.05. The predicted octanol–water partition coefficient (Wildman–Crippen LogP) is -0.392. The first-order valence-electron chi connectivity index (χ1n) is 2.28. The fraction of sp³-hybridized carbons (Fsp3) is 0.200. The van der Waals surface area contributed by atoms with Crippen LogP contribution in [0.3, 0.4) is 0 Å². The highest BCUT2D eigenvalue weighted by atomic mass is 14.8. The number of hydrogen-bond acceptors (Lipinski definition) is 3. The van der Waals surface area contributed by atoms with E-state index in [0.717, 1.165) is 5.57 Å². The zero-order chi connectivity index (χ0) is 6.57. The van der Waals surface area contributed by atoms with Gasteiger partial charge >= 0.3 is 0 Å². The van der Waals surface area contributed by atoms with Crippen molar-refractivity contribution in [3.8, 4) is 0 Å². The van der Waals surface area contributed by atoms with Crippen LogP contribution in [0.2, 0.25) is 0 Å². The lowest BCUT2D eigenvalue weighted by Crippen LogP contribution is -2.09. The van der Waals surface area contributed by atoms with Gasteiger partial charge in [0.25, 0.3) is 0 Å². The van der Waals surface area contributed by atoms with Gasteiger partial charge in [0, 0.05) is 0 Å². The van der Waals surface area contributed by atoms with Gasteiger partial charge in [-0.3, -0.25) is 0 Å². The molecule has 0 aliphatic carbocycles. The molecule has 0 saturated carbocycles. The van der Waals surface area contributed by atoms with E-state index in [2.05, 4.69) is 0 Å². The second kappa shape index (κ2) is 2.96. The van der Waals surface area contributed by atoms with Crippen LogP contribution in [0.1, 0.15) is 6.92 Å². The third kappa shape index (κ3) is 2.12. The number of allylic oxidation sites excluding steroid dienone is 2. The molecule has 0 unspecified atom stereocenters. The van der Waals surface area contributed by atoms with E-state index in [1.807, 2.05) is 0 Å². The highest BCUT2D eigenvalue weighted by Gasteiger charge is 1.82. The van der Waals surface area contributed by atoms with Crippen LogP contribution in [0.5, 0.6) is 0 Å². The van der Waals surface area contributed by atoms with E-state index in [-0.39, 0.29) is 0 Å². The first-order chi connectivity index (χ1) is 3.68. The lowest BCUT2D eigenvalue weighted by Gasteiger charge is -1.92. The average molecular weight is 113 g/mol. The van der Waals surface area contributed by atoms with Crippen molar-refractivity contribution in [2.45, 2.75) is 6.92 Å². The van der Waals surface area contributed by atoms with Gasteiger partial charge in [-0.1, -0.05) is 0 Å². The van der Waals surface area contributed by atoms with Crippen molar-refractivity contribution in [3.05, 3.63) is 23.7 Å². The molecule has 0 atom stereocenters. The van der Waals surface area contributed by atoms with E-state index in [1.54, 1.807) is 13.0 Å². The highest BCUT2D eigenvalue weighted by molar-refractivity contribution is 5.18. The molecule has 46 valence electrons. The topological polar surface area (TPSA) is 78.1 Å². The van der Waals surface area contributed by atoms with Gasteiger partial charge in [-0.15, -0.1) is 0 Å². The summed E-state index contributed by atoms with van der Waals surface area (Å²) in [5, 5.41) is 0. The maximum Gasteiger partial charge on any atom is 0.0964 e. The van der Waals surface area contributed by atoms with E-state index >= 15 is 0 Å². The molecule has 0 saturated heterocycles. The van der Waals surface area contributed by atoms with Crippen molar-refractivity contribution in [2.75, 3.05) is 0 Å². The molecule has 0 aliphatic heterocycles. The van der Waals surface area contributed by atoms with E-state index in [0.29, 0.717) is 5.82 Å². The zero-order valence-electron chi connectivity index (χ0n) is 4.89. The van der Waals surface area contributed by atoms with Crippen LogP contribution in [-0.4, -0.2) is 0 Å². The molecule has 8 heavy (non-hydrogen) atoms. The SMILES string of the molecule is CC(/C=C\N)=C(N)N. The molecule has 0 radical (unpaired) electrons. The summed E-state index contributed by atoms with van der Waals surface area (Å²) in [7, 11) is 0. The summed E-state index contributed by atoms with van der Waals surface area (Å²) in [5.41, 5.74) is 16.2. The van der Waals surface area contributed by atoms with Crippen molar-refractivity contribution in [1.82, 2.24) is 0 Å². The number of nitrogens with two attached hydrogens (primary N) is 3. The van der Waals surface area contributed by atoms with Crippen molar-refractivity contribution < 1.29 is 0 Å². The molecule has 0 bridgehead atoms. The number of rotatable bonds is 1. The molecule has 0 heterocycles. The summed E-state index contributed by atoms with van der Waals surface area (Å²) in [6.45, 7) is 1.79. The number of hydrogen-bond donors (Lipinski definition) is 3. The molecule has 0 aliphatic rings. The summed E-state index contributed by atoms with van der Waals surface area (Å²) >= 11 is 0. The minimum Gasteiger partial charge on any atom is -0.405 e. The van der Waals surface area contributed by atoms with Crippen LogP contribution in [0.25, 0.3) is 0 Å². The van der Waals surface area contributed by atoms with Gasteiger partial charge in [-0.2, -0.15) is 0 Å². The van der Waals surface area contributed by atoms with Gasteiger partial charge in [0.05, 0.1) is 5.82 Å². The Kier molecular flexibility index (Phi) is 2.54. The van der Waals surface area contributed by atoms with Gasteiger partial charge in [0.1, 0.15) is 0 Å². The van der Waals surface area contributed by atoms with Crippen LogP contribution in [0.4, 0.5) is 0 Å². The fourth-order valence-corrected chi connectivity index (χ4v) is 0.241. The molecular weight excluding hydrogens is 102 g/mol. The van der Waals surface area contributed by atoms with E-state index in [9.17, 15) is 0 Å². The molecule has 0 spiro atoms. The first-order valence-corrected chi connectivity index (χ1v) is 2.28. The molecule has 0 amide bonds. The van der Waals surface area contributed by atoms with Gasteiger partial charge in [0.2, 0.25) is 0 Å². The molecule has 0 fully saturated rings. The predicted molar refractivity (Wildman–Crippen MR) is 34.4 cm³/mol. The third-order valence-electron chi connectivity index (χ3n) is 0.802. The molecular formula is C5H11N3. The molecule has 3 heteroatoms. The Morgan fingerprint density at radius 2 is 1.88 bits per heavy atom. The Hall–Kier alpha value is -1.12. The zero-order valence-corrected chi connectivity index (χ0v) is 4.89. The van der Waals surface area contributed by atoms with E-state index in [4.69, 9.17) is 17.2 Å². The summed E-state index contributed by atoms with van der Waals surface area (Å²) in [6, 6.07) is 0. The second-order valence-electron chi connectivity index (χ2n) is 1.50. The van der Waals surface area contributed by atoms with Crippen molar-refractivity contribution in [3.63, 3.8) is 0 Å². The first kappa shape index (κ1) is 6.88. The third-order valence-corrected chi connectivity index (χ3v) is 0.802. The van der Waals surface area contributed by atoms with Crippen LogP contribution in [-0.2, 0) is 0 Å². The standard InChI is InChI=1S/C5H11N3/c1-4(2-3-6)5(7)8/h2-3H,6-8H2,1H3/b3-2-. The monoisotopic (exact) mass is 113 g/mol. The molecule has 0 rings (SSSR count). The Morgan fingerprint density at radius 3 is 2.00 bits per heavy atom. The van der Waals surface area contributed by atoms with Crippen LogP contribution in [0.15, 0.2) is 23.7 Å². The summed E-state index contributed by atoms with van der Waals surface area (Å²) in [4.78, 5) is 0. The van der Waals surface area contributed by atoms with E-state index < -0.39 is 0 Å². The maximum atomic E-state index is 5.17. The van der Waals surface area contributed by atoms with Crippen molar-refractivity contribution >= 4 is 0 Å². The summed E-state index contributed by atoms with van der Waals surface area (Å²) < 4.78 is 0. The largest absolute Gasteiger partial charge is 0.405 e. The normalized spacial score (nSPS) is 9.62. The molecule has 0 aromatic heterocycles. The Labute approximate surface area is 48.8 Å². The van der Waals surface area contributed by atoms with Crippen LogP contribution >= 0.6 is 0 Å². The Morgan fingerprint density at radius 1 is 1.38 bits per heavy atom. The maximum absolute atomic E-state index is 5.17. The second-order valence-corrected chi connectivity index (χ2v) is 1.50. The molecule has 0 aromatic rings. The van der Waals surface area contributed by atoms with Gasteiger partial charge in [-0.25, -0.2) is 0 Å². The Bertz CT molecular complexity index is 120. The van der Waals surface area contributed by atoms with Crippen LogP contribution < -0.4 is 17.2 Å². The van der Waals surface area contributed by atoms with Gasteiger partial charge in [0.15, 0.2) is 0 Å². The fourth-order valence-electron chi connectivity index (χ4n) is 0.241. The Balaban J connectivity index is 4.00. The smallest absolute Gasteiger partial charge is 0.0964 e. The molecule has 6 N–H and O–H groups in total. The average Bonchev–Trinajstić information content (AvgIpc) is 1.67. The van der Waals surface area contributed by atoms with Gasteiger partial charge in [-0.05, 0) is 24.8 Å². The quantitative estimate of drug-likeness (QED) is 0.405. The summed E-state index contributed by atoms with van der Waals surface area (Å²) in [5.74, 6) is 0.312. The van der Waals surface area contributed by atoms with E-state index in [1.165, 1.54) is 6.20 Å². The van der Waals surface area contributed by atoms with Crippen molar-refractivity contribution in [1.29, 1.82) is 0 Å². The van der Waals surface area contributed by atoms with Gasteiger partial charge < -0.3 is 17.2 Å². The molecule has 0 aromatic carbocycles. The lowest BCUT2D eigenvalue weighted by atomic mass is 10.3. The van der Waals surface area contributed by atoms with Crippen molar-refractivity contribution in [2.24, 2.45) is 17.2 Å². The minimum absolute atomic E-state index is 0.312. The molecule has 3 nitrogen and oxygen atoms in total. The minimum atomic E-state index is 0.312. The highest BCUT2D eigenvalue weighted by Crippen LogP contribution is 1.91.